The van der Waals surface area contributed by atoms with Crippen molar-refractivity contribution in [3.63, 3.8) is 0 Å². The van der Waals surface area contributed by atoms with Gasteiger partial charge in [0.05, 0.1) is 12.2 Å². The van der Waals surface area contributed by atoms with E-state index in [2.05, 4.69) is 4.99 Å². The first-order valence-electron chi connectivity index (χ1n) is 12.1. The maximum absolute atomic E-state index is 13.2. The quantitative estimate of drug-likeness (QED) is 0.592. The fourth-order valence-corrected chi connectivity index (χ4v) is 4.89. The summed E-state index contributed by atoms with van der Waals surface area (Å²) in [4.78, 5) is 45.2. The number of rotatable bonds is 7. The maximum atomic E-state index is 13.2. The number of primary amides is 1. The molecule has 2 heterocycles. The monoisotopic (exact) mass is 507 g/mol. The van der Waals surface area contributed by atoms with Crippen molar-refractivity contribution in [3.8, 4) is 11.1 Å². The van der Waals surface area contributed by atoms with Gasteiger partial charge in [-0.25, -0.2) is 4.99 Å². The van der Waals surface area contributed by atoms with Crippen molar-refractivity contribution in [1.29, 1.82) is 0 Å². The zero-order valence-electron chi connectivity index (χ0n) is 20.3. The van der Waals surface area contributed by atoms with E-state index in [4.69, 9.17) is 23.1 Å². The summed E-state index contributed by atoms with van der Waals surface area (Å²) in [6, 6.07) is 10.9. The van der Waals surface area contributed by atoms with Gasteiger partial charge in [0.25, 0.3) is 11.8 Å². The van der Waals surface area contributed by atoms with Crippen molar-refractivity contribution in [2.75, 3.05) is 26.2 Å². The van der Waals surface area contributed by atoms with E-state index < -0.39 is 5.91 Å². The molecule has 4 N–H and O–H groups in total. The number of hydrogen-bond donors (Lipinski definition) is 2. The molecule has 0 atom stereocenters. The molecule has 0 unspecified atom stereocenters. The van der Waals surface area contributed by atoms with Crippen molar-refractivity contribution in [2.24, 2.45) is 16.5 Å². The normalized spacial score (nSPS) is 15.0. The SMILES string of the molecule is CCCN(CC(N)=O)C(=O)C1=Cc2cc(-c3ccc(C(=O)N4CCCC4)cc3Cl)ccc2N=C(N)C1. The van der Waals surface area contributed by atoms with Crippen molar-refractivity contribution >= 4 is 46.9 Å². The molecule has 4 rings (SSSR count). The highest BCUT2D eigenvalue weighted by Gasteiger charge is 2.23. The average Bonchev–Trinajstić information content (AvgIpc) is 3.32. The van der Waals surface area contributed by atoms with Gasteiger partial charge in [-0.2, -0.15) is 0 Å². The molecule has 188 valence electrons. The fourth-order valence-electron chi connectivity index (χ4n) is 4.60. The lowest BCUT2D eigenvalue weighted by molar-refractivity contribution is -0.132. The van der Waals surface area contributed by atoms with Crippen LogP contribution in [0.15, 0.2) is 47.0 Å². The lowest BCUT2D eigenvalue weighted by Gasteiger charge is -2.21. The van der Waals surface area contributed by atoms with Gasteiger partial charge in [0, 0.05) is 53.3 Å². The lowest BCUT2D eigenvalue weighted by atomic mass is 9.99. The predicted octanol–water partition coefficient (Wildman–Crippen LogP) is 3.74. The Hall–Kier alpha value is -3.65. The number of fused-ring (bicyclic) bond motifs is 1. The Bertz CT molecular complexity index is 1260. The zero-order valence-corrected chi connectivity index (χ0v) is 21.1. The number of carbonyl (C=O) groups is 3. The van der Waals surface area contributed by atoms with Crippen molar-refractivity contribution in [2.45, 2.75) is 32.6 Å². The maximum Gasteiger partial charge on any atom is 0.253 e. The van der Waals surface area contributed by atoms with Gasteiger partial charge >= 0.3 is 0 Å². The van der Waals surface area contributed by atoms with Gasteiger partial charge in [-0.05, 0) is 55.2 Å². The molecule has 0 spiro atoms. The molecule has 0 aliphatic carbocycles. The third-order valence-corrected chi connectivity index (χ3v) is 6.63. The number of nitrogens with zero attached hydrogens (tertiary/aromatic N) is 3. The lowest BCUT2D eigenvalue weighted by Crippen LogP contribution is -2.40. The summed E-state index contributed by atoms with van der Waals surface area (Å²) in [5.41, 5.74) is 15.4. The molecule has 0 saturated carbocycles. The summed E-state index contributed by atoms with van der Waals surface area (Å²) < 4.78 is 0. The Kier molecular flexibility index (Phi) is 7.74. The number of amides is 3. The van der Waals surface area contributed by atoms with E-state index in [0.29, 0.717) is 46.2 Å². The Labute approximate surface area is 215 Å². The Morgan fingerprint density at radius 2 is 1.86 bits per heavy atom. The van der Waals surface area contributed by atoms with Crippen molar-refractivity contribution in [1.82, 2.24) is 9.80 Å². The van der Waals surface area contributed by atoms with Gasteiger partial charge in [-0.15, -0.1) is 0 Å². The molecule has 9 heteroatoms. The van der Waals surface area contributed by atoms with E-state index in [1.807, 2.05) is 36.1 Å². The summed E-state index contributed by atoms with van der Waals surface area (Å²) >= 11 is 6.62. The van der Waals surface area contributed by atoms with Gasteiger partial charge in [0.1, 0.15) is 5.84 Å². The standard InChI is InChI=1S/C27H30ClN5O3/c1-2-9-33(16-25(30)34)27(36)20-13-19-12-17(6-8-23(19)31-24(29)15-20)21-7-5-18(14-22(21)28)26(35)32-10-3-4-11-32/h5-8,12-14H,2-4,9-11,15-16H2,1H3,(H2,29,31)(H2,30,34). The summed E-state index contributed by atoms with van der Waals surface area (Å²) in [7, 11) is 0. The minimum absolute atomic E-state index is 0.00799. The summed E-state index contributed by atoms with van der Waals surface area (Å²) in [5, 5.41) is 0.465. The van der Waals surface area contributed by atoms with Crippen LogP contribution in [-0.2, 0) is 9.59 Å². The second-order valence-electron chi connectivity index (χ2n) is 9.11. The first kappa shape index (κ1) is 25.4. The van der Waals surface area contributed by atoms with Gasteiger partial charge < -0.3 is 21.3 Å². The van der Waals surface area contributed by atoms with Gasteiger partial charge in [-0.3, -0.25) is 14.4 Å². The van der Waals surface area contributed by atoms with Gasteiger partial charge in [0.15, 0.2) is 0 Å². The number of aliphatic imine (C=N–C) groups is 1. The molecule has 1 saturated heterocycles. The number of carbonyl (C=O) groups excluding carboxylic acids is 3. The molecule has 2 aromatic rings. The average molecular weight is 508 g/mol. The van der Waals surface area contributed by atoms with Crippen LogP contribution in [0.3, 0.4) is 0 Å². The second kappa shape index (κ2) is 11.0. The van der Waals surface area contributed by atoms with Crippen LogP contribution in [0.25, 0.3) is 17.2 Å². The smallest absolute Gasteiger partial charge is 0.253 e. The molecule has 2 aliphatic heterocycles. The van der Waals surface area contributed by atoms with E-state index in [-0.39, 0.29) is 24.8 Å². The predicted molar refractivity (Wildman–Crippen MR) is 142 cm³/mol. The van der Waals surface area contributed by atoms with E-state index in [1.54, 1.807) is 18.2 Å². The van der Waals surface area contributed by atoms with Gasteiger partial charge in [-0.1, -0.05) is 30.7 Å². The minimum Gasteiger partial charge on any atom is -0.387 e. The van der Waals surface area contributed by atoms with E-state index in [0.717, 1.165) is 37.1 Å². The van der Waals surface area contributed by atoms with Crippen molar-refractivity contribution < 1.29 is 14.4 Å². The number of amidine groups is 1. The molecular formula is C27H30ClN5O3. The Balaban J connectivity index is 1.67. The molecule has 0 bridgehead atoms. The van der Waals surface area contributed by atoms with Crippen LogP contribution in [0.4, 0.5) is 5.69 Å². The molecule has 0 aromatic heterocycles. The molecule has 2 aromatic carbocycles. The summed E-state index contributed by atoms with van der Waals surface area (Å²) in [6.45, 7) is 3.71. The second-order valence-corrected chi connectivity index (χ2v) is 9.52. The van der Waals surface area contributed by atoms with Gasteiger partial charge in [0.2, 0.25) is 5.91 Å². The van der Waals surface area contributed by atoms with Crippen LogP contribution >= 0.6 is 11.6 Å². The largest absolute Gasteiger partial charge is 0.387 e. The highest BCUT2D eigenvalue weighted by molar-refractivity contribution is 6.33. The van der Waals surface area contributed by atoms with E-state index >= 15 is 0 Å². The van der Waals surface area contributed by atoms with Crippen LogP contribution in [0.5, 0.6) is 0 Å². The molecule has 36 heavy (non-hydrogen) atoms. The third-order valence-electron chi connectivity index (χ3n) is 6.32. The number of likely N-dealkylation sites (tertiary alicyclic amines) is 1. The molecule has 3 amide bonds. The number of hydrogen-bond acceptors (Lipinski definition) is 5. The van der Waals surface area contributed by atoms with Crippen LogP contribution in [-0.4, -0.2) is 59.5 Å². The minimum atomic E-state index is -0.573. The van der Waals surface area contributed by atoms with Crippen LogP contribution < -0.4 is 11.5 Å². The highest BCUT2D eigenvalue weighted by atomic mass is 35.5. The van der Waals surface area contributed by atoms with Crippen LogP contribution in [0, 0.1) is 0 Å². The van der Waals surface area contributed by atoms with Crippen LogP contribution in [0.1, 0.15) is 48.5 Å². The number of nitrogens with two attached hydrogens (primary N) is 2. The summed E-state index contributed by atoms with van der Waals surface area (Å²) in [6.07, 6.45) is 4.65. The number of benzene rings is 2. The van der Waals surface area contributed by atoms with E-state index in [1.165, 1.54) is 4.90 Å². The molecule has 0 radical (unpaired) electrons. The van der Waals surface area contributed by atoms with E-state index in [9.17, 15) is 14.4 Å². The Morgan fingerprint density at radius 3 is 2.53 bits per heavy atom. The fraction of sp³-hybridized carbons (Fsp3) is 0.333. The highest BCUT2D eigenvalue weighted by Crippen LogP contribution is 2.35. The first-order chi connectivity index (χ1) is 17.3. The molecule has 8 nitrogen and oxygen atoms in total. The molecular weight excluding hydrogens is 478 g/mol. The number of halogens is 1. The third kappa shape index (κ3) is 5.60. The zero-order chi connectivity index (χ0) is 25.8. The topological polar surface area (TPSA) is 122 Å². The molecule has 1 fully saturated rings. The molecule has 2 aliphatic rings. The first-order valence-corrected chi connectivity index (χ1v) is 12.5. The summed E-state index contributed by atoms with van der Waals surface area (Å²) in [5.74, 6) is -0.572. The van der Waals surface area contributed by atoms with Crippen LogP contribution in [0.2, 0.25) is 5.02 Å². The Morgan fingerprint density at radius 1 is 1.11 bits per heavy atom. The van der Waals surface area contributed by atoms with Crippen molar-refractivity contribution in [3.05, 3.63) is 58.1 Å².